The maximum Gasteiger partial charge on any atom is 0.356 e. The molecule has 10 heteroatoms. The standard InChI is InChI=1S/C28H29N3O7/c1-16-22(27(34)37-4)24(23(17(2)30-16)28(35)38-5)19-12-9-13-20(14-19)29-15-21(26(33)36-3)31-25(32)18-10-7-6-8-11-18/h6-15,24,29-30H,1-5H3,(H,31,32)/b21-15-. The molecule has 0 saturated carbocycles. The molecule has 0 unspecified atom stereocenters. The van der Waals surface area contributed by atoms with Crippen molar-refractivity contribution in [3.05, 3.63) is 100 Å². The summed E-state index contributed by atoms with van der Waals surface area (Å²) in [4.78, 5) is 50.4. The van der Waals surface area contributed by atoms with Crippen molar-refractivity contribution in [1.29, 1.82) is 0 Å². The number of methoxy groups -OCH3 is 3. The number of hydrogen-bond donors (Lipinski definition) is 3. The van der Waals surface area contributed by atoms with Crippen molar-refractivity contribution in [2.45, 2.75) is 19.8 Å². The summed E-state index contributed by atoms with van der Waals surface area (Å²) in [6, 6.07) is 15.3. The molecule has 1 aliphatic heterocycles. The molecule has 0 fully saturated rings. The third-order valence-corrected chi connectivity index (χ3v) is 5.86. The first-order chi connectivity index (χ1) is 18.2. The molecule has 0 aliphatic carbocycles. The number of benzene rings is 2. The van der Waals surface area contributed by atoms with Gasteiger partial charge in [0.05, 0.1) is 38.4 Å². The Hall–Kier alpha value is -4.86. The summed E-state index contributed by atoms with van der Waals surface area (Å²) >= 11 is 0. The van der Waals surface area contributed by atoms with Crippen LogP contribution in [0, 0.1) is 0 Å². The number of carbonyl (C=O) groups excluding carboxylic acids is 4. The summed E-state index contributed by atoms with van der Waals surface area (Å²) in [5, 5.41) is 8.58. The van der Waals surface area contributed by atoms with Crippen LogP contribution in [0.25, 0.3) is 0 Å². The first-order valence-corrected chi connectivity index (χ1v) is 11.6. The topological polar surface area (TPSA) is 132 Å². The van der Waals surface area contributed by atoms with Gasteiger partial charge in [0.25, 0.3) is 5.91 Å². The molecule has 0 spiro atoms. The Balaban J connectivity index is 1.98. The first-order valence-electron chi connectivity index (χ1n) is 11.6. The number of ether oxygens (including phenoxy) is 3. The molecule has 1 amide bonds. The fraction of sp³-hybridized carbons (Fsp3) is 0.214. The third kappa shape index (κ3) is 6.09. The quantitative estimate of drug-likeness (QED) is 0.273. The second-order valence-electron chi connectivity index (χ2n) is 8.26. The largest absolute Gasteiger partial charge is 0.466 e. The number of carbonyl (C=O) groups is 4. The molecule has 1 heterocycles. The Morgan fingerprint density at radius 3 is 1.97 bits per heavy atom. The van der Waals surface area contributed by atoms with E-state index in [9.17, 15) is 19.2 Å². The van der Waals surface area contributed by atoms with Crippen molar-refractivity contribution in [1.82, 2.24) is 10.6 Å². The molecule has 0 aromatic heterocycles. The van der Waals surface area contributed by atoms with E-state index in [1.165, 1.54) is 27.5 Å². The van der Waals surface area contributed by atoms with E-state index in [-0.39, 0.29) is 16.8 Å². The monoisotopic (exact) mass is 519 g/mol. The zero-order chi connectivity index (χ0) is 27.8. The molecule has 1 aliphatic rings. The van der Waals surface area contributed by atoms with E-state index in [1.54, 1.807) is 68.4 Å². The van der Waals surface area contributed by atoms with Gasteiger partial charge in [-0.05, 0) is 43.7 Å². The van der Waals surface area contributed by atoms with Crippen molar-refractivity contribution in [3.8, 4) is 0 Å². The minimum Gasteiger partial charge on any atom is -0.466 e. The van der Waals surface area contributed by atoms with Gasteiger partial charge >= 0.3 is 17.9 Å². The second-order valence-corrected chi connectivity index (χ2v) is 8.26. The van der Waals surface area contributed by atoms with Gasteiger partial charge in [0.1, 0.15) is 5.70 Å². The zero-order valence-electron chi connectivity index (χ0n) is 21.7. The molecular weight excluding hydrogens is 490 g/mol. The van der Waals surface area contributed by atoms with Crippen LogP contribution in [-0.4, -0.2) is 45.1 Å². The van der Waals surface area contributed by atoms with Gasteiger partial charge in [0, 0.05) is 28.8 Å². The summed E-state index contributed by atoms with van der Waals surface area (Å²) in [5.41, 5.74) is 2.96. The normalized spacial score (nSPS) is 13.9. The molecule has 2 aromatic rings. The molecule has 2 aromatic carbocycles. The smallest absolute Gasteiger partial charge is 0.356 e. The Bertz CT molecular complexity index is 1310. The van der Waals surface area contributed by atoms with Crippen molar-refractivity contribution in [2.24, 2.45) is 0 Å². The second kappa shape index (κ2) is 12.4. The molecule has 0 saturated heterocycles. The Kier molecular flexibility index (Phi) is 9.04. The maximum absolute atomic E-state index is 12.7. The number of anilines is 1. The van der Waals surface area contributed by atoms with E-state index < -0.39 is 29.7 Å². The van der Waals surface area contributed by atoms with Crippen LogP contribution in [0.5, 0.6) is 0 Å². The van der Waals surface area contributed by atoms with Gasteiger partial charge in [0.15, 0.2) is 0 Å². The highest BCUT2D eigenvalue weighted by Gasteiger charge is 2.37. The average Bonchev–Trinajstić information content (AvgIpc) is 2.94. The van der Waals surface area contributed by atoms with Crippen LogP contribution in [0.2, 0.25) is 0 Å². The summed E-state index contributed by atoms with van der Waals surface area (Å²) in [5.74, 6) is -3.21. The maximum atomic E-state index is 12.7. The molecule has 3 N–H and O–H groups in total. The van der Waals surface area contributed by atoms with Gasteiger partial charge in [-0.1, -0.05) is 30.3 Å². The third-order valence-electron chi connectivity index (χ3n) is 5.86. The van der Waals surface area contributed by atoms with Crippen LogP contribution in [0.3, 0.4) is 0 Å². The number of hydrogen-bond acceptors (Lipinski definition) is 9. The first kappa shape index (κ1) is 27.7. The fourth-order valence-corrected chi connectivity index (χ4v) is 4.09. The van der Waals surface area contributed by atoms with Crippen molar-refractivity contribution in [2.75, 3.05) is 26.6 Å². The molecule has 38 heavy (non-hydrogen) atoms. The van der Waals surface area contributed by atoms with Crippen LogP contribution in [-0.2, 0) is 28.6 Å². The van der Waals surface area contributed by atoms with Crippen LogP contribution in [0.1, 0.15) is 35.7 Å². The van der Waals surface area contributed by atoms with E-state index in [0.717, 1.165) is 0 Å². The van der Waals surface area contributed by atoms with Crippen molar-refractivity contribution in [3.63, 3.8) is 0 Å². The highest BCUT2D eigenvalue weighted by Crippen LogP contribution is 2.39. The van der Waals surface area contributed by atoms with Gasteiger partial charge in [-0.25, -0.2) is 14.4 Å². The van der Waals surface area contributed by atoms with Crippen LogP contribution < -0.4 is 16.0 Å². The number of dihydropyridines is 1. The lowest BCUT2D eigenvalue weighted by Gasteiger charge is -2.30. The van der Waals surface area contributed by atoms with Gasteiger partial charge in [0.2, 0.25) is 0 Å². The number of esters is 3. The average molecular weight is 520 g/mol. The molecule has 0 atom stereocenters. The minimum absolute atomic E-state index is 0.120. The van der Waals surface area contributed by atoms with E-state index >= 15 is 0 Å². The summed E-state index contributed by atoms with van der Waals surface area (Å²) in [6.45, 7) is 3.44. The zero-order valence-corrected chi connectivity index (χ0v) is 21.7. The predicted molar refractivity (Wildman–Crippen MR) is 139 cm³/mol. The minimum atomic E-state index is -0.778. The lowest BCUT2D eigenvalue weighted by atomic mass is 9.80. The lowest BCUT2D eigenvalue weighted by molar-refractivity contribution is -0.138. The molecule has 3 rings (SSSR count). The molecule has 0 radical (unpaired) electrons. The summed E-state index contributed by atoms with van der Waals surface area (Å²) in [6.07, 6.45) is 1.30. The molecule has 198 valence electrons. The van der Waals surface area contributed by atoms with Crippen molar-refractivity contribution < 1.29 is 33.4 Å². The molecule has 10 nitrogen and oxygen atoms in total. The van der Waals surface area contributed by atoms with Crippen LogP contribution in [0.15, 0.2) is 89.0 Å². The number of allylic oxidation sites excluding steroid dienone is 2. The number of nitrogens with one attached hydrogen (secondary N) is 3. The summed E-state index contributed by atoms with van der Waals surface area (Å²) < 4.78 is 14.8. The Morgan fingerprint density at radius 1 is 0.816 bits per heavy atom. The van der Waals surface area contributed by atoms with E-state index in [2.05, 4.69) is 16.0 Å². The van der Waals surface area contributed by atoms with Crippen LogP contribution in [0.4, 0.5) is 5.69 Å². The van der Waals surface area contributed by atoms with Gasteiger partial charge in [-0.3, -0.25) is 4.79 Å². The number of amides is 1. The van der Waals surface area contributed by atoms with E-state index in [1.807, 2.05) is 0 Å². The lowest BCUT2D eigenvalue weighted by Crippen LogP contribution is -2.32. The van der Waals surface area contributed by atoms with Crippen LogP contribution >= 0.6 is 0 Å². The van der Waals surface area contributed by atoms with E-state index in [0.29, 0.717) is 28.2 Å². The number of rotatable bonds is 8. The Labute approximate surface area is 220 Å². The SMILES string of the molecule is COC(=O)C1=C(C)NC(C)=C(C(=O)OC)C1c1cccc(N/C=C(\NC(=O)c2ccccc2)C(=O)OC)c1. The summed E-state index contributed by atoms with van der Waals surface area (Å²) in [7, 11) is 3.74. The van der Waals surface area contributed by atoms with E-state index in [4.69, 9.17) is 14.2 Å². The van der Waals surface area contributed by atoms with Crippen molar-refractivity contribution >= 4 is 29.5 Å². The Morgan fingerprint density at radius 2 is 1.42 bits per heavy atom. The highest BCUT2D eigenvalue weighted by molar-refractivity contribution is 6.01. The fourth-order valence-electron chi connectivity index (χ4n) is 4.09. The highest BCUT2D eigenvalue weighted by atomic mass is 16.5. The van der Waals surface area contributed by atoms with Gasteiger partial charge in [-0.2, -0.15) is 0 Å². The molecular formula is C28H29N3O7. The predicted octanol–water partition coefficient (Wildman–Crippen LogP) is 3.12. The van der Waals surface area contributed by atoms with Gasteiger partial charge < -0.3 is 30.2 Å². The van der Waals surface area contributed by atoms with Gasteiger partial charge in [-0.15, -0.1) is 0 Å². The molecule has 0 bridgehead atoms.